The van der Waals surface area contributed by atoms with Crippen LogP contribution in [0.4, 0.5) is 0 Å². The molecule has 1 aromatic carbocycles. The van der Waals surface area contributed by atoms with Gasteiger partial charge >= 0.3 is 0 Å². The van der Waals surface area contributed by atoms with Gasteiger partial charge in [-0.2, -0.15) is 12.6 Å². The van der Waals surface area contributed by atoms with Gasteiger partial charge in [0.05, 0.1) is 0 Å². The summed E-state index contributed by atoms with van der Waals surface area (Å²) >= 11 is 6.62. The van der Waals surface area contributed by atoms with E-state index < -0.39 is 0 Å². The summed E-state index contributed by atoms with van der Waals surface area (Å²) in [5, 5.41) is 0.512. The van der Waals surface area contributed by atoms with Crippen molar-refractivity contribution in [3.8, 4) is 0 Å². The van der Waals surface area contributed by atoms with Crippen LogP contribution in [0.15, 0.2) is 40.8 Å². The molecule has 2 aliphatic rings. The maximum Gasteiger partial charge on any atom is 0.0449 e. The highest BCUT2D eigenvalue weighted by atomic mass is 32.2. The first-order chi connectivity index (χ1) is 11.3. The standard InChI is InChI=1S/C22H30S2/c1-14(2)19-17-13-22(4,5)11-9-18(17)24-21(19)20-15(3)7-6-8-16(20)10-12-23/h6-8,19,21,23H,1,9-13H2,2-5H3. The summed E-state index contributed by atoms with van der Waals surface area (Å²) in [7, 11) is 0. The molecule has 0 aromatic heterocycles. The van der Waals surface area contributed by atoms with Crippen LogP contribution in [0, 0.1) is 18.3 Å². The molecule has 0 saturated heterocycles. The van der Waals surface area contributed by atoms with E-state index in [9.17, 15) is 0 Å². The number of thiol groups is 1. The number of hydrogen-bond donors (Lipinski definition) is 1. The molecular weight excluding hydrogens is 328 g/mol. The third-order valence-corrected chi connectivity index (χ3v) is 7.35. The van der Waals surface area contributed by atoms with Gasteiger partial charge in [-0.15, -0.1) is 11.8 Å². The van der Waals surface area contributed by atoms with Gasteiger partial charge in [-0.05, 0) is 72.3 Å². The minimum Gasteiger partial charge on any atom is -0.179 e. The summed E-state index contributed by atoms with van der Waals surface area (Å²) in [6, 6.07) is 6.77. The molecule has 0 nitrogen and oxygen atoms in total. The van der Waals surface area contributed by atoms with Gasteiger partial charge in [-0.1, -0.05) is 49.8 Å². The van der Waals surface area contributed by atoms with Gasteiger partial charge < -0.3 is 0 Å². The zero-order chi connectivity index (χ0) is 17.5. The quantitative estimate of drug-likeness (QED) is 0.450. The van der Waals surface area contributed by atoms with Crippen LogP contribution >= 0.6 is 24.4 Å². The molecule has 3 rings (SSSR count). The van der Waals surface area contributed by atoms with Crippen LogP contribution in [-0.4, -0.2) is 5.75 Å². The molecule has 2 atom stereocenters. The lowest BCUT2D eigenvalue weighted by Crippen LogP contribution is -2.21. The Morgan fingerprint density at radius 1 is 1.38 bits per heavy atom. The minimum atomic E-state index is 0.432. The van der Waals surface area contributed by atoms with Crippen LogP contribution in [0.3, 0.4) is 0 Å². The SMILES string of the molecule is C=C(C)C1C2=C(CCC(C)(C)C2)SC1c1c(C)cccc1CCS. The second-order valence-corrected chi connectivity index (χ2v) is 9.96. The van der Waals surface area contributed by atoms with Crippen molar-refractivity contribution in [1.82, 2.24) is 0 Å². The van der Waals surface area contributed by atoms with Crippen molar-refractivity contribution in [1.29, 1.82) is 0 Å². The van der Waals surface area contributed by atoms with Crippen LogP contribution in [0.5, 0.6) is 0 Å². The summed E-state index contributed by atoms with van der Waals surface area (Å²) in [6.45, 7) is 13.7. The Bertz CT molecular complexity index is 681. The van der Waals surface area contributed by atoms with E-state index in [2.05, 4.69) is 76.9 Å². The Labute approximate surface area is 157 Å². The smallest absolute Gasteiger partial charge is 0.0449 e. The highest BCUT2D eigenvalue weighted by molar-refractivity contribution is 8.03. The molecule has 2 unspecified atom stereocenters. The molecule has 0 spiro atoms. The second kappa shape index (κ2) is 6.96. The fourth-order valence-electron chi connectivity index (χ4n) is 4.41. The number of benzene rings is 1. The number of rotatable bonds is 4. The van der Waals surface area contributed by atoms with E-state index >= 15 is 0 Å². The van der Waals surface area contributed by atoms with Crippen LogP contribution in [-0.2, 0) is 6.42 Å². The van der Waals surface area contributed by atoms with Crippen molar-refractivity contribution in [3.63, 3.8) is 0 Å². The topological polar surface area (TPSA) is 0 Å². The van der Waals surface area contributed by atoms with E-state index in [-0.39, 0.29) is 0 Å². The zero-order valence-corrected chi connectivity index (χ0v) is 17.2. The fourth-order valence-corrected chi connectivity index (χ4v) is 6.51. The number of thioether (sulfide) groups is 1. The number of allylic oxidation sites excluding steroid dienone is 3. The predicted octanol–water partition coefficient (Wildman–Crippen LogP) is 6.91. The van der Waals surface area contributed by atoms with E-state index in [1.165, 1.54) is 36.0 Å². The van der Waals surface area contributed by atoms with Crippen molar-refractivity contribution >= 4 is 24.4 Å². The van der Waals surface area contributed by atoms with Gasteiger partial charge in [0.1, 0.15) is 0 Å². The molecule has 0 amide bonds. The largest absolute Gasteiger partial charge is 0.179 e. The minimum absolute atomic E-state index is 0.432. The molecule has 1 heterocycles. The Kier molecular flexibility index (Phi) is 5.28. The van der Waals surface area contributed by atoms with Crippen molar-refractivity contribution in [2.45, 2.75) is 58.6 Å². The van der Waals surface area contributed by atoms with E-state index in [1.807, 2.05) is 0 Å². The maximum absolute atomic E-state index is 4.49. The summed E-state index contributed by atoms with van der Waals surface area (Å²) in [6.07, 6.45) is 4.85. The molecule has 1 aromatic rings. The molecule has 0 N–H and O–H groups in total. The predicted molar refractivity (Wildman–Crippen MR) is 112 cm³/mol. The Morgan fingerprint density at radius 2 is 2.12 bits per heavy atom. The third kappa shape index (κ3) is 3.37. The summed E-state index contributed by atoms with van der Waals surface area (Å²) in [5.74, 6) is 1.41. The second-order valence-electron chi connectivity index (χ2n) is 8.27. The lowest BCUT2D eigenvalue weighted by Gasteiger charge is -2.33. The van der Waals surface area contributed by atoms with Gasteiger partial charge in [0.15, 0.2) is 0 Å². The summed E-state index contributed by atoms with van der Waals surface area (Å²) in [5.41, 5.74) is 7.91. The van der Waals surface area contributed by atoms with Crippen molar-refractivity contribution in [2.24, 2.45) is 11.3 Å². The molecular formula is C22H30S2. The van der Waals surface area contributed by atoms with Crippen molar-refractivity contribution in [3.05, 3.63) is 57.5 Å². The van der Waals surface area contributed by atoms with Crippen LogP contribution in [0.25, 0.3) is 0 Å². The van der Waals surface area contributed by atoms with Gasteiger partial charge in [0, 0.05) is 11.2 Å². The van der Waals surface area contributed by atoms with Crippen LogP contribution in [0.1, 0.15) is 62.0 Å². The van der Waals surface area contributed by atoms with E-state index in [0.29, 0.717) is 16.6 Å². The Hall–Kier alpha value is -0.600. The van der Waals surface area contributed by atoms with Gasteiger partial charge in [-0.3, -0.25) is 0 Å². The molecule has 0 radical (unpaired) electrons. The highest BCUT2D eigenvalue weighted by Crippen LogP contribution is 2.61. The molecule has 1 aliphatic heterocycles. The average Bonchev–Trinajstić information content (AvgIpc) is 2.84. The normalized spacial score (nSPS) is 25.7. The monoisotopic (exact) mass is 358 g/mol. The van der Waals surface area contributed by atoms with E-state index in [1.54, 1.807) is 16.0 Å². The first kappa shape index (κ1) is 18.2. The van der Waals surface area contributed by atoms with Crippen molar-refractivity contribution < 1.29 is 0 Å². The van der Waals surface area contributed by atoms with Gasteiger partial charge in [-0.25, -0.2) is 0 Å². The first-order valence-corrected chi connectivity index (χ1v) is 10.6. The molecule has 0 bridgehead atoms. The Morgan fingerprint density at radius 3 is 2.79 bits per heavy atom. The van der Waals surface area contributed by atoms with E-state index in [0.717, 1.165) is 12.2 Å². The zero-order valence-electron chi connectivity index (χ0n) is 15.5. The maximum atomic E-state index is 4.49. The molecule has 24 heavy (non-hydrogen) atoms. The molecule has 2 heteroatoms. The van der Waals surface area contributed by atoms with Crippen LogP contribution < -0.4 is 0 Å². The summed E-state index contributed by atoms with van der Waals surface area (Å²) in [4.78, 5) is 1.66. The number of aryl methyl sites for hydroxylation is 2. The van der Waals surface area contributed by atoms with Gasteiger partial charge in [0.2, 0.25) is 0 Å². The van der Waals surface area contributed by atoms with Crippen molar-refractivity contribution in [2.75, 3.05) is 5.75 Å². The average molecular weight is 359 g/mol. The van der Waals surface area contributed by atoms with Crippen LogP contribution in [0.2, 0.25) is 0 Å². The highest BCUT2D eigenvalue weighted by Gasteiger charge is 2.42. The van der Waals surface area contributed by atoms with Gasteiger partial charge in [0.25, 0.3) is 0 Å². The summed E-state index contributed by atoms with van der Waals surface area (Å²) < 4.78 is 0. The molecule has 1 aliphatic carbocycles. The molecule has 0 fully saturated rings. The lowest BCUT2D eigenvalue weighted by molar-refractivity contribution is 0.308. The molecule has 0 saturated carbocycles. The lowest BCUT2D eigenvalue weighted by atomic mass is 9.71. The Balaban J connectivity index is 2.03. The molecule has 130 valence electrons. The fraction of sp³-hybridized carbons (Fsp3) is 0.545. The van der Waals surface area contributed by atoms with E-state index in [4.69, 9.17) is 0 Å². The number of hydrogen-bond acceptors (Lipinski definition) is 2. The third-order valence-electron chi connectivity index (χ3n) is 5.61. The first-order valence-electron chi connectivity index (χ1n) is 9.07.